The third kappa shape index (κ3) is 1.78. The van der Waals surface area contributed by atoms with Gasteiger partial charge in [-0.2, -0.15) is 0 Å². The van der Waals surface area contributed by atoms with E-state index in [1.54, 1.807) is 0 Å². The Morgan fingerprint density at radius 2 is 2.08 bits per heavy atom. The van der Waals surface area contributed by atoms with Crippen molar-refractivity contribution in [1.29, 1.82) is 0 Å². The van der Waals surface area contributed by atoms with Gasteiger partial charge in [0.15, 0.2) is 0 Å². The van der Waals surface area contributed by atoms with Crippen LogP contribution in [0, 0.1) is 5.92 Å². The van der Waals surface area contributed by atoms with Gasteiger partial charge in [0, 0.05) is 16.7 Å². The maximum atomic E-state index is 4.71. The molecule has 2 rings (SSSR count). The average Bonchev–Trinajstić information content (AvgIpc) is 2.57. The Balaban J connectivity index is 2.19. The fourth-order valence-corrected chi connectivity index (χ4v) is 2.51. The molecule has 0 bridgehead atoms. The molecule has 1 fully saturated rings. The molecule has 0 amide bonds. The van der Waals surface area contributed by atoms with Crippen LogP contribution in [0.3, 0.4) is 0 Å². The minimum Gasteiger partial charge on any atom is -0.245 e. The van der Waals surface area contributed by atoms with Crippen molar-refractivity contribution < 1.29 is 0 Å². The first-order valence-corrected chi connectivity index (χ1v) is 5.82. The molecule has 1 aliphatic rings. The van der Waals surface area contributed by atoms with Gasteiger partial charge in [-0.15, -0.1) is 11.3 Å². The van der Waals surface area contributed by atoms with Gasteiger partial charge in [-0.05, 0) is 12.3 Å². The second-order valence-corrected chi connectivity index (χ2v) is 6.01. The lowest BCUT2D eigenvalue weighted by Gasteiger charge is -2.13. The highest BCUT2D eigenvalue weighted by Crippen LogP contribution is 2.47. The Bertz CT molecular complexity index is 308. The monoisotopic (exact) mass is 195 g/mol. The van der Waals surface area contributed by atoms with Crippen LogP contribution < -0.4 is 0 Å². The van der Waals surface area contributed by atoms with Crippen LogP contribution in [0.4, 0.5) is 0 Å². The molecule has 1 saturated carbocycles. The molecule has 0 spiro atoms. The SMILES string of the molecule is CC1CC1c1csc(C(C)(C)C)n1. The summed E-state index contributed by atoms with van der Waals surface area (Å²) in [6.45, 7) is 8.99. The normalized spacial score (nSPS) is 27.7. The van der Waals surface area contributed by atoms with E-state index in [2.05, 4.69) is 33.1 Å². The maximum Gasteiger partial charge on any atom is 0.0981 e. The molecule has 1 nitrogen and oxygen atoms in total. The van der Waals surface area contributed by atoms with Crippen molar-refractivity contribution >= 4 is 11.3 Å². The molecule has 0 aliphatic heterocycles. The molecule has 72 valence electrons. The number of nitrogens with zero attached hydrogens (tertiary/aromatic N) is 1. The van der Waals surface area contributed by atoms with Gasteiger partial charge in [-0.3, -0.25) is 0 Å². The van der Waals surface area contributed by atoms with Crippen LogP contribution in [0.15, 0.2) is 5.38 Å². The van der Waals surface area contributed by atoms with Gasteiger partial charge in [0.2, 0.25) is 0 Å². The van der Waals surface area contributed by atoms with Crippen molar-refractivity contribution in [3.05, 3.63) is 16.1 Å². The van der Waals surface area contributed by atoms with E-state index in [-0.39, 0.29) is 5.41 Å². The third-order valence-corrected chi connectivity index (χ3v) is 3.94. The Kier molecular flexibility index (Phi) is 1.99. The van der Waals surface area contributed by atoms with E-state index in [0.29, 0.717) is 0 Å². The minimum absolute atomic E-state index is 0.223. The van der Waals surface area contributed by atoms with Crippen molar-refractivity contribution in [2.45, 2.75) is 45.4 Å². The lowest BCUT2D eigenvalue weighted by molar-refractivity contribution is 0.582. The first-order valence-electron chi connectivity index (χ1n) is 4.94. The van der Waals surface area contributed by atoms with E-state index in [4.69, 9.17) is 4.98 Å². The summed E-state index contributed by atoms with van der Waals surface area (Å²) in [6, 6.07) is 0. The largest absolute Gasteiger partial charge is 0.245 e. The number of thiazole rings is 1. The summed E-state index contributed by atoms with van der Waals surface area (Å²) in [4.78, 5) is 4.71. The topological polar surface area (TPSA) is 12.9 Å². The first-order chi connectivity index (χ1) is 5.98. The summed E-state index contributed by atoms with van der Waals surface area (Å²) < 4.78 is 0. The smallest absolute Gasteiger partial charge is 0.0981 e. The molecule has 1 aromatic heterocycles. The van der Waals surface area contributed by atoms with Crippen molar-refractivity contribution in [1.82, 2.24) is 4.98 Å². The Morgan fingerprint density at radius 1 is 1.46 bits per heavy atom. The summed E-state index contributed by atoms with van der Waals surface area (Å²) in [5.41, 5.74) is 1.56. The summed E-state index contributed by atoms with van der Waals surface area (Å²) in [5.74, 6) is 1.64. The van der Waals surface area contributed by atoms with Crippen molar-refractivity contribution in [2.75, 3.05) is 0 Å². The Hall–Kier alpha value is -0.370. The van der Waals surface area contributed by atoms with Crippen LogP contribution in [-0.2, 0) is 5.41 Å². The minimum atomic E-state index is 0.223. The number of aromatic nitrogens is 1. The van der Waals surface area contributed by atoms with Crippen LogP contribution in [0.2, 0.25) is 0 Å². The van der Waals surface area contributed by atoms with Gasteiger partial charge in [0.05, 0.1) is 10.7 Å². The molecule has 2 atom stereocenters. The van der Waals surface area contributed by atoms with Gasteiger partial charge in [0.1, 0.15) is 0 Å². The van der Waals surface area contributed by atoms with E-state index in [9.17, 15) is 0 Å². The molecule has 13 heavy (non-hydrogen) atoms. The van der Waals surface area contributed by atoms with Crippen LogP contribution in [-0.4, -0.2) is 4.98 Å². The Morgan fingerprint density at radius 3 is 2.46 bits per heavy atom. The molecule has 0 saturated heterocycles. The molecule has 1 heterocycles. The second kappa shape index (κ2) is 2.81. The van der Waals surface area contributed by atoms with Gasteiger partial charge >= 0.3 is 0 Å². The highest BCUT2D eigenvalue weighted by molar-refractivity contribution is 7.09. The van der Waals surface area contributed by atoms with Crippen LogP contribution >= 0.6 is 11.3 Å². The average molecular weight is 195 g/mol. The zero-order valence-electron chi connectivity index (χ0n) is 8.79. The zero-order chi connectivity index (χ0) is 9.64. The molecule has 0 N–H and O–H groups in total. The molecule has 1 aliphatic carbocycles. The van der Waals surface area contributed by atoms with Crippen LogP contribution in [0.25, 0.3) is 0 Å². The lowest BCUT2D eigenvalue weighted by Crippen LogP contribution is -2.10. The molecular weight excluding hydrogens is 178 g/mol. The fraction of sp³-hybridized carbons (Fsp3) is 0.727. The first kappa shape index (κ1) is 9.20. The quantitative estimate of drug-likeness (QED) is 0.667. The fourth-order valence-electron chi connectivity index (χ4n) is 1.54. The molecule has 2 heteroatoms. The van der Waals surface area contributed by atoms with Gasteiger partial charge < -0.3 is 0 Å². The highest BCUT2D eigenvalue weighted by atomic mass is 32.1. The molecule has 0 radical (unpaired) electrons. The van der Waals surface area contributed by atoms with Crippen molar-refractivity contribution in [3.63, 3.8) is 0 Å². The van der Waals surface area contributed by atoms with E-state index >= 15 is 0 Å². The highest BCUT2D eigenvalue weighted by Gasteiger charge is 2.36. The second-order valence-electron chi connectivity index (χ2n) is 5.15. The molecule has 1 aromatic rings. The van der Waals surface area contributed by atoms with Gasteiger partial charge in [-0.1, -0.05) is 27.7 Å². The maximum absolute atomic E-state index is 4.71. The van der Waals surface area contributed by atoms with Crippen molar-refractivity contribution in [2.24, 2.45) is 5.92 Å². The van der Waals surface area contributed by atoms with E-state index in [1.807, 2.05) is 11.3 Å². The predicted octanol–water partition coefficient (Wildman–Crippen LogP) is 3.56. The number of rotatable bonds is 1. The molecule has 0 aromatic carbocycles. The summed E-state index contributed by atoms with van der Waals surface area (Å²) in [5, 5.41) is 3.52. The Labute approximate surface area is 84.2 Å². The predicted molar refractivity (Wildman–Crippen MR) is 57.3 cm³/mol. The number of hydrogen-bond donors (Lipinski definition) is 0. The molecular formula is C11H17NS. The third-order valence-electron chi connectivity index (χ3n) is 2.65. The van der Waals surface area contributed by atoms with E-state index < -0.39 is 0 Å². The van der Waals surface area contributed by atoms with Gasteiger partial charge in [0.25, 0.3) is 0 Å². The zero-order valence-corrected chi connectivity index (χ0v) is 9.61. The summed E-state index contributed by atoms with van der Waals surface area (Å²) in [6.07, 6.45) is 1.34. The van der Waals surface area contributed by atoms with E-state index in [1.165, 1.54) is 17.1 Å². The van der Waals surface area contributed by atoms with E-state index in [0.717, 1.165) is 11.8 Å². The van der Waals surface area contributed by atoms with Crippen LogP contribution in [0.1, 0.15) is 50.7 Å². The van der Waals surface area contributed by atoms with Gasteiger partial charge in [-0.25, -0.2) is 4.98 Å². The van der Waals surface area contributed by atoms with Crippen LogP contribution in [0.5, 0.6) is 0 Å². The summed E-state index contributed by atoms with van der Waals surface area (Å²) in [7, 11) is 0. The number of hydrogen-bond acceptors (Lipinski definition) is 2. The lowest BCUT2D eigenvalue weighted by atomic mass is 9.98. The summed E-state index contributed by atoms with van der Waals surface area (Å²) >= 11 is 1.82. The molecule has 2 unspecified atom stereocenters. The standard InChI is InChI=1S/C11H17NS/c1-7-5-8(7)9-6-13-10(12-9)11(2,3)4/h6-8H,5H2,1-4H3. The van der Waals surface area contributed by atoms with Crippen molar-refractivity contribution in [3.8, 4) is 0 Å².